The third kappa shape index (κ3) is 4.95. The van der Waals surface area contributed by atoms with Crippen LogP contribution in [0.5, 0.6) is 0 Å². The molecule has 1 unspecified atom stereocenters. The van der Waals surface area contributed by atoms with E-state index in [2.05, 4.69) is 0 Å². The van der Waals surface area contributed by atoms with Crippen molar-refractivity contribution in [2.75, 3.05) is 26.3 Å². The summed E-state index contributed by atoms with van der Waals surface area (Å²) in [5.74, 6) is 1.03. The van der Waals surface area contributed by atoms with Gasteiger partial charge in [-0.1, -0.05) is 23.7 Å². The molecule has 2 fully saturated rings. The molecule has 2 N–H and O–H groups in total. The van der Waals surface area contributed by atoms with Gasteiger partial charge in [0.2, 0.25) is 5.91 Å². The van der Waals surface area contributed by atoms with Gasteiger partial charge >= 0.3 is 0 Å². The lowest BCUT2D eigenvalue weighted by molar-refractivity contribution is -0.135. The molecule has 1 aliphatic heterocycles. The molecule has 132 valence electrons. The van der Waals surface area contributed by atoms with Crippen molar-refractivity contribution in [3.63, 3.8) is 0 Å². The van der Waals surface area contributed by atoms with Crippen LogP contribution in [0.1, 0.15) is 31.2 Å². The number of rotatable bonds is 7. The predicted molar refractivity (Wildman–Crippen MR) is 96.0 cm³/mol. The molecular formula is C19H27ClN2O2. The van der Waals surface area contributed by atoms with Crippen LogP contribution in [-0.2, 0) is 16.0 Å². The van der Waals surface area contributed by atoms with E-state index in [1.165, 1.54) is 18.4 Å². The van der Waals surface area contributed by atoms with Crippen LogP contribution in [0.25, 0.3) is 0 Å². The first-order valence-electron chi connectivity index (χ1n) is 9.00. The van der Waals surface area contributed by atoms with E-state index in [1.807, 2.05) is 29.2 Å². The summed E-state index contributed by atoms with van der Waals surface area (Å²) in [6.45, 7) is 3.02. The lowest BCUT2D eigenvalue weighted by Gasteiger charge is -2.32. The SMILES string of the molecule is NC(C(=O)N(CCc1ccc(Cl)cc1)CC1CC1)C1CCOCC1. The van der Waals surface area contributed by atoms with Gasteiger partial charge < -0.3 is 15.4 Å². The van der Waals surface area contributed by atoms with E-state index in [0.717, 1.165) is 50.6 Å². The number of benzene rings is 1. The number of carbonyl (C=O) groups is 1. The lowest BCUT2D eigenvalue weighted by atomic mass is 9.91. The lowest BCUT2D eigenvalue weighted by Crippen LogP contribution is -2.50. The Morgan fingerprint density at radius 2 is 1.88 bits per heavy atom. The van der Waals surface area contributed by atoms with Crippen LogP contribution in [0, 0.1) is 11.8 Å². The van der Waals surface area contributed by atoms with Crippen LogP contribution in [0.3, 0.4) is 0 Å². The van der Waals surface area contributed by atoms with Crippen molar-refractivity contribution in [1.82, 2.24) is 4.90 Å². The number of hydrogen-bond donors (Lipinski definition) is 1. The summed E-state index contributed by atoms with van der Waals surface area (Å²) < 4.78 is 5.39. The Morgan fingerprint density at radius 3 is 2.50 bits per heavy atom. The minimum Gasteiger partial charge on any atom is -0.381 e. The molecule has 1 atom stereocenters. The van der Waals surface area contributed by atoms with Crippen molar-refractivity contribution in [1.29, 1.82) is 0 Å². The summed E-state index contributed by atoms with van der Waals surface area (Å²) in [5, 5.41) is 0.742. The van der Waals surface area contributed by atoms with E-state index in [-0.39, 0.29) is 11.8 Å². The molecule has 1 aromatic rings. The zero-order valence-electron chi connectivity index (χ0n) is 14.1. The summed E-state index contributed by atoms with van der Waals surface area (Å²) in [5.41, 5.74) is 7.52. The molecule has 1 saturated heterocycles. The highest BCUT2D eigenvalue weighted by Crippen LogP contribution is 2.30. The monoisotopic (exact) mass is 350 g/mol. The molecule has 1 amide bonds. The summed E-state index contributed by atoms with van der Waals surface area (Å²) >= 11 is 5.94. The molecule has 0 spiro atoms. The van der Waals surface area contributed by atoms with E-state index in [0.29, 0.717) is 5.92 Å². The normalized spacial score (nSPS) is 19.9. The van der Waals surface area contributed by atoms with Crippen molar-refractivity contribution >= 4 is 17.5 Å². The van der Waals surface area contributed by atoms with Crippen molar-refractivity contribution in [2.24, 2.45) is 17.6 Å². The maximum atomic E-state index is 12.9. The van der Waals surface area contributed by atoms with Gasteiger partial charge in [0.05, 0.1) is 6.04 Å². The minimum atomic E-state index is -0.391. The van der Waals surface area contributed by atoms with Crippen molar-refractivity contribution < 1.29 is 9.53 Å². The molecule has 2 aliphatic rings. The molecule has 0 radical (unpaired) electrons. The smallest absolute Gasteiger partial charge is 0.239 e. The quantitative estimate of drug-likeness (QED) is 0.822. The Kier molecular flexibility index (Phi) is 6.14. The average molecular weight is 351 g/mol. The van der Waals surface area contributed by atoms with Crippen LogP contribution in [0.15, 0.2) is 24.3 Å². The summed E-state index contributed by atoms with van der Waals surface area (Å²) in [4.78, 5) is 14.9. The van der Waals surface area contributed by atoms with Gasteiger partial charge in [-0.05, 0) is 61.6 Å². The first-order chi connectivity index (χ1) is 11.6. The fourth-order valence-corrected chi connectivity index (χ4v) is 3.43. The molecule has 3 rings (SSSR count). The zero-order chi connectivity index (χ0) is 16.9. The summed E-state index contributed by atoms with van der Waals surface area (Å²) in [7, 11) is 0. The molecule has 24 heavy (non-hydrogen) atoms. The minimum absolute atomic E-state index is 0.114. The maximum absolute atomic E-state index is 12.9. The number of amides is 1. The first kappa shape index (κ1) is 17.7. The standard InChI is InChI=1S/C19H27ClN2O2/c20-17-5-3-14(4-6-17)7-10-22(13-15-1-2-15)19(23)18(21)16-8-11-24-12-9-16/h3-6,15-16,18H,1-2,7-13,21H2. The van der Waals surface area contributed by atoms with Gasteiger partial charge in [-0.25, -0.2) is 0 Å². The van der Waals surface area contributed by atoms with Gasteiger partial charge in [-0.3, -0.25) is 4.79 Å². The number of ether oxygens (including phenoxy) is 1. The van der Waals surface area contributed by atoms with Crippen LogP contribution >= 0.6 is 11.6 Å². The second kappa shape index (κ2) is 8.32. The van der Waals surface area contributed by atoms with E-state index < -0.39 is 6.04 Å². The molecule has 1 heterocycles. The van der Waals surface area contributed by atoms with Crippen LogP contribution in [-0.4, -0.2) is 43.2 Å². The third-order valence-electron chi connectivity index (χ3n) is 5.13. The summed E-state index contributed by atoms with van der Waals surface area (Å²) in [6, 6.07) is 7.47. The predicted octanol–water partition coefficient (Wildman–Crippen LogP) is 2.88. The summed E-state index contributed by atoms with van der Waals surface area (Å²) in [6.07, 6.45) is 5.09. The van der Waals surface area contributed by atoms with Crippen molar-refractivity contribution in [3.05, 3.63) is 34.9 Å². The van der Waals surface area contributed by atoms with Crippen LogP contribution in [0.2, 0.25) is 5.02 Å². The van der Waals surface area contributed by atoms with Gasteiger partial charge in [0.1, 0.15) is 0 Å². The Hall–Kier alpha value is -1.10. The van der Waals surface area contributed by atoms with Gasteiger partial charge in [-0.2, -0.15) is 0 Å². The van der Waals surface area contributed by atoms with Gasteiger partial charge in [-0.15, -0.1) is 0 Å². The average Bonchev–Trinajstić information content (AvgIpc) is 3.43. The Labute approximate surface area is 149 Å². The zero-order valence-corrected chi connectivity index (χ0v) is 14.9. The molecule has 1 aromatic carbocycles. The molecule has 5 heteroatoms. The Morgan fingerprint density at radius 1 is 1.21 bits per heavy atom. The Balaban J connectivity index is 1.59. The molecule has 1 aliphatic carbocycles. The molecule has 0 bridgehead atoms. The number of nitrogens with zero attached hydrogens (tertiary/aromatic N) is 1. The highest BCUT2D eigenvalue weighted by molar-refractivity contribution is 6.30. The van der Waals surface area contributed by atoms with Crippen LogP contribution in [0.4, 0.5) is 0 Å². The second-order valence-corrected chi connectivity index (χ2v) is 7.52. The highest BCUT2D eigenvalue weighted by atomic mass is 35.5. The fraction of sp³-hybridized carbons (Fsp3) is 0.632. The first-order valence-corrected chi connectivity index (χ1v) is 9.38. The largest absolute Gasteiger partial charge is 0.381 e. The highest BCUT2D eigenvalue weighted by Gasteiger charge is 2.32. The van der Waals surface area contributed by atoms with Gasteiger partial charge in [0.25, 0.3) is 0 Å². The molecule has 4 nitrogen and oxygen atoms in total. The van der Waals surface area contributed by atoms with Gasteiger partial charge in [0, 0.05) is 31.3 Å². The third-order valence-corrected chi connectivity index (χ3v) is 5.38. The van der Waals surface area contributed by atoms with Crippen molar-refractivity contribution in [3.8, 4) is 0 Å². The van der Waals surface area contributed by atoms with Crippen molar-refractivity contribution in [2.45, 2.75) is 38.1 Å². The van der Waals surface area contributed by atoms with E-state index in [9.17, 15) is 4.79 Å². The van der Waals surface area contributed by atoms with E-state index in [1.54, 1.807) is 0 Å². The van der Waals surface area contributed by atoms with Gasteiger partial charge in [0.15, 0.2) is 0 Å². The molecule has 0 aromatic heterocycles. The van der Waals surface area contributed by atoms with E-state index >= 15 is 0 Å². The number of hydrogen-bond acceptors (Lipinski definition) is 3. The van der Waals surface area contributed by atoms with E-state index in [4.69, 9.17) is 22.1 Å². The number of carbonyl (C=O) groups excluding carboxylic acids is 1. The number of nitrogens with two attached hydrogens (primary N) is 1. The van der Waals surface area contributed by atoms with Crippen LogP contribution < -0.4 is 5.73 Å². The Bertz CT molecular complexity index is 539. The maximum Gasteiger partial charge on any atom is 0.239 e. The topological polar surface area (TPSA) is 55.6 Å². The number of halogens is 1. The molecular weight excluding hydrogens is 324 g/mol. The fourth-order valence-electron chi connectivity index (χ4n) is 3.31. The molecule has 1 saturated carbocycles. The second-order valence-electron chi connectivity index (χ2n) is 7.08.